The Hall–Kier alpha value is -1.06. The third kappa shape index (κ3) is 2.22. The standard InChI is InChI=1S/C8H11NO2/c1-11-8-4-2-3-7(5-8)6-9-10/h2-5H,6,9H2,1H3. The highest BCUT2D eigenvalue weighted by atomic mass is 16.5. The smallest absolute Gasteiger partial charge is 0.119 e. The summed E-state index contributed by atoms with van der Waals surface area (Å²) in [5, 5.41) is 10.1. The van der Waals surface area contributed by atoms with Crippen molar-refractivity contribution in [3.63, 3.8) is 0 Å². The van der Waals surface area contributed by atoms with Crippen molar-refractivity contribution in [1.29, 1.82) is 0 Å². The van der Waals surface area contributed by atoms with Crippen molar-refractivity contribution in [2.45, 2.75) is 6.54 Å². The van der Waals surface area contributed by atoms with E-state index in [1.807, 2.05) is 24.3 Å². The lowest BCUT2D eigenvalue weighted by molar-refractivity contribution is -0.605. The first-order chi connectivity index (χ1) is 5.36. The van der Waals surface area contributed by atoms with Crippen LogP contribution in [-0.2, 0) is 6.54 Å². The number of rotatable bonds is 3. The third-order valence-corrected chi connectivity index (χ3v) is 1.45. The summed E-state index contributed by atoms with van der Waals surface area (Å²) in [4.78, 5) is 0. The summed E-state index contributed by atoms with van der Waals surface area (Å²) in [7, 11) is 1.61. The Morgan fingerprint density at radius 1 is 1.55 bits per heavy atom. The second-order valence-corrected chi connectivity index (χ2v) is 2.22. The van der Waals surface area contributed by atoms with Gasteiger partial charge >= 0.3 is 0 Å². The molecule has 0 atom stereocenters. The lowest BCUT2D eigenvalue weighted by Crippen LogP contribution is -2.75. The average molecular weight is 153 g/mol. The Balaban J connectivity index is 2.74. The fraction of sp³-hybridized carbons (Fsp3) is 0.250. The molecule has 3 nitrogen and oxygen atoms in total. The van der Waals surface area contributed by atoms with E-state index < -0.39 is 0 Å². The van der Waals surface area contributed by atoms with E-state index in [2.05, 4.69) is 0 Å². The minimum Gasteiger partial charge on any atom is -0.636 e. The Labute approximate surface area is 65.6 Å². The molecule has 0 aliphatic heterocycles. The number of hydrogen-bond acceptors (Lipinski definition) is 2. The van der Waals surface area contributed by atoms with Crippen LogP contribution in [0.3, 0.4) is 0 Å². The fourth-order valence-electron chi connectivity index (χ4n) is 0.896. The molecule has 1 rings (SSSR count). The first kappa shape index (κ1) is 8.04. The van der Waals surface area contributed by atoms with E-state index >= 15 is 0 Å². The lowest BCUT2D eigenvalue weighted by atomic mass is 10.2. The van der Waals surface area contributed by atoms with Gasteiger partial charge in [-0.05, 0) is 12.1 Å². The molecule has 0 fully saturated rings. The molecule has 0 aliphatic carbocycles. The summed E-state index contributed by atoms with van der Waals surface area (Å²) in [6.45, 7) is 0.456. The molecule has 0 bridgehead atoms. The summed E-state index contributed by atoms with van der Waals surface area (Å²) in [5.74, 6) is 0.796. The molecule has 0 heterocycles. The maximum Gasteiger partial charge on any atom is 0.119 e. The van der Waals surface area contributed by atoms with Gasteiger partial charge in [-0.2, -0.15) is 0 Å². The van der Waals surface area contributed by atoms with Gasteiger partial charge in [0.1, 0.15) is 12.3 Å². The zero-order chi connectivity index (χ0) is 8.10. The van der Waals surface area contributed by atoms with Crippen LogP contribution < -0.4 is 10.2 Å². The summed E-state index contributed by atoms with van der Waals surface area (Å²) < 4.78 is 4.99. The predicted molar refractivity (Wildman–Crippen MR) is 42.0 cm³/mol. The molecule has 2 N–H and O–H groups in total. The van der Waals surface area contributed by atoms with E-state index in [1.165, 1.54) is 0 Å². The van der Waals surface area contributed by atoms with Crippen molar-refractivity contribution in [2.75, 3.05) is 7.11 Å². The SMILES string of the molecule is COc1cccc(C[NH2+][O-])c1. The maximum atomic E-state index is 10.1. The van der Waals surface area contributed by atoms with Crippen molar-refractivity contribution in [2.24, 2.45) is 0 Å². The Morgan fingerprint density at radius 3 is 3.00 bits per heavy atom. The van der Waals surface area contributed by atoms with Crippen LogP contribution in [0.25, 0.3) is 0 Å². The predicted octanol–water partition coefficient (Wildman–Crippen LogP) is 0.256. The summed E-state index contributed by atoms with van der Waals surface area (Å²) in [5.41, 5.74) is 1.87. The molecule has 0 aliphatic rings. The van der Waals surface area contributed by atoms with Crippen LogP contribution in [0.5, 0.6) is 5.75 Å². The molecule has 1 aromatic carbocycles. The minimum atomic E-state index is 0.456. The highest BCUT2D eigenvalue weighted by Gasteiger charge is 1.93. The first-order valence-electron chi connectivity index (χ1n) is 3.43. The van der Waals surface area contributed by atoms with Gasteiger partial charge < -0.3 is 15.4 Å². The number of ether oxygens (including phenoxy) is 1. The van der Waals surface area contributed by atoms with Gasteiger partial charge in [-0.25, -0.2) is 0 Å². The average Bonchev–Trinajstić information content (AvgIpc) is 2.06. The van der Waals surface area contributed by atoms with Crippen molar-refractivity contribution in [3.05, 3.63) is 35.0 Å². The van der Waals surface area contributed by atoms with Crippen LogP contribution in [0, 0.1) is 5.21 Å². The van der Waals surface area contributed by atoms with Crippen molar-refractivity contribution >= 4 is 0 Å². The van der Waals surface area contributed by atoms with Crippen molar-refractivity contribution < 1.29 is 10.2 Å². The summed E-state index contributed by atoms with van der Waals surface area (Å²) in [6, 6.07) is 7.48. The molecule has 1 aromatic rings. The molecule has 11 heavy (non-hydrogen) atoms. The fourth-order valence-corrected chi connectivity index (χ4v) is 0.896. The molecule has 0 amide bonds. The van der Waals surface area contributed by atoms with Crippen molar-refractivity contribution in [1.82, 2.24) is 0 Å². The number of nitrogens with two attached hydrogens (primary N) is 1. The van der Waals surface area contributed by atoms with Crippen molar-refractivity contribution in [3.8, 4) is 5.75 Å². The summed E-state index contributed by atoms with van der Waals surface area (Å²) >= 11 is 0. The first-order valence-corrected chi connectivity index (χ1v) is 3.43. The zero-order valence-electron chi connectivity index (χ0n) is 6.41. The van der Waals surface area contributed by atoms with Gasteiger partial charge in [-0.1, -0.05) is 12.1 Å². The van der Waals surface area contributed by atoms with E-state index in [-0.39, 0.29) is 0 Å². The van der Waals surface area contributed by atoms with Crippen LogP contribution in [0.1, 0.15) is 5.56 Å². The molecule has 60 valence electrons. The molecule has 0 saturated heterocycles. The molecule has 0 radical (unpaired) electrons. The number of hydroxylamine groups is 1. The highest BCUT2D eigenvalue weighted by molar-refractivity contribution is 5.27. The number of benzene rings is 1. The Morgan fingerprint density at radius 2 is 2.36 bits per heavy atom. The molecule has 0 saturated carbocycles. The van der Waals surface area contributed by atoms with E-state index in [4.69, 9.17) is 4.74 Å². The van der Waals surface area contributed by atoms with E-state index in [0.717, 1.165) is 16.8 Å². The van der Waals surface area contributed by atoms with E-state index in [9.17, 15) is 5.21 Å². The van der Waals surface area contributed by atoms with Gasteiger partial charge in [-0.15, -0.1) is 0 Å². The molecule has 0 aromatic heterocycles. The van der Waals surface area contributed by atoms with Gasteiger partial charge in [0.2, 0.25) is 0 Å². The van der Waals surface area contributed by atoms with Gasteiger partial charge in [0.25, 0.3) is 0 Å². The Bertz CT molecular complexity index is 225. The zero-order valence-corrected chi connectivity index (χ0v) is 6.41. The van der Waals surface area contributed by atoms with E-state index in [0.29, 0.717) is 6.54 Å². The van der Waals surface area contributed by atoms with E-state index in [1.54, 1.807) is 7.11 Å². The lowest BCUT2D eigenvalue weighted by Gasteiger charge is -2.03. The molecular formula is C8H11NO2. The van der Waals surface area contributed by atoms with Crippen LogP contribution in [0.15, 0.2) is 24.3 Å². The monoisotopic (exact) mass is 153 g/mol. The molecule has 3 heteroatoms. The molecule has 0 unspecified atom stereocenters. The molecular weight excluding hydrogens is 142 g/mol. The van der Waals surface area contributed by atoms with Gasteiger partial charge in [-0.3, -0.25) is 0 Å². The summed E-state index contributed by atoms with van der Waals surface area (Å²) in [6.07, 6.45) is 0. The number of hydrogen-bond donors (Lipinski definition) is 1. The van der Waals surface area contributed by atoms with Gasteiger partial charge in [0, 0.05) is 5.56 Å². The quantitative estimate of drug-likeness (QED) is 0.633. The molecule has 0 spiro atoms. The van der Waals surface area contributed by atoms with Crippen LogP contribution in [0.2, 0.25) is 0 Å². The van der Waals surface area contributed by atoms with Crippen LogP contribution in [-0.4, -0.2) is 7.11 Å². The normalized spacial score (nSPS) is 9.64. The third-order valence-electron chi connectivity index (χ3n) is 1.45. The minimum absolute atomic E-state index is 0.456. The number of quaternary nitrogens is 1. The van der Waals surface area contributed by atoms with Crippen LogP contribution >= 0.6 is 0 Å². The second-order valence-electron chi connectivity index (χ2n) is 2.22. The maximum absolute atomic E-state index is 10.1. The van der Waals surface area contributed by atoms with Gasteiger partial charge in [0.15, 0.2) is 0 Å². The highest BCUT2D eigenvalue weighted by Crippen LogP contribution is 2.10. The number of methoxy groups -OCH3 is 1. The van der Waals surface area contributed by atoms with Gasteiger partial charge in [0.05, 0.1) is 7.11 Å². The largest absolute Gasteiger partial charge is 0.636 e. The second kappa shape index (κ2) is 3.95. The topological polar surface area (TPSA) is 48.9 Å². The Kier molecular flexibility index (Phi) is 2.89. The van der Waals surface area contributed by atoms with Crippen LogP contribution in [0.4, 0.5) is 0 Å².